The Morgan fingerprint density at radius 3 is 3.11 bits per heavy atom. The van der Waals surface area contributed by atoms with Gasteiger partial charge in [-0.2, -0.15) is 5.10 Å². The molecule has 0 spiro atoms. The molecule has 1 fully saturated rings. The molecular formula is C20H22N4O3. The fourth-order valence-electron chi connectivity index (χ4n) is 3.27. The number of ether oxygens (including phenoxy) is 2. The van der Waals surface area contributed by atoms with Gasteiger partial charge in [0.15, 0.2) is 5.65 Å². The summed E-state index contributed by atoms with van der Waals surface area (Å²) in [5, 5.41) is 8.16. The zero-order valence-corrected chi connectivity index (χ0v) is 15.4. The van der Waals surface area contributed by atoms with E-state index in [0.717, 1.165) is 36.2 Å². The molecule has 0 aliphatic carbocycles. The van der Waals surface area contributed by atoms with Gasteiger partial charge < -0.3 is 14.8 Å². The fraction of sp³-hybridized carbons (Fsp3) is 0.350. The Kier molecular flexibility index (Phi) is 4.77. The molecule has 1 aromatic carbocycles. The van der Waals surface area contributed by atoms with Gasteiger partial charge in [0.25, 0.3) is 5.91 Å². The third-order valence-corrected chi connectivity index (χ3v) is 4.68. The average molecular weight is 366 g/mol. The molecule has 140 valence electrons. The van der Waals surface area contributed by atoms with Crippen molar-refractivity contribution in [1.82, 2.24) is 14.8 Å². The normalized spacial score (nSPS) is 16.6. The van der Waals surface area contributed by atoms with Crippen molar-refractivity contribution in [2.45, 2.75) is 25.9 Å². The third-order valence-electron chi connectivity index (χ3n) is 4.68. The van der Waals surface area contributed by atoms with Crippen molar-refractivity contribution in [3.8, 4) is 5.75 Å². The zero-order chi connectivity index (χ0) is 18.8. The molecule has 1 unspecified atom stereocenters. The van der Waals surface area contributed by atoms with Gasteiger partial charge in [-0.15, -0.1) is 0 Å². The van der Waals surface area contributed by atoms with Crippen molar-refractivity contribution in [2.75, 3.05) is 18.5 Å². The molecular weight excluding hydrogens is 344 g/mol. The van der Waals surface area contributed by atoms with Gasteiger partial charge in [-0.1, -0.05) is 6.07 Å². The van der Waals surface area contributed by atoms with Crippen molar-refractivity contribution in [2.24, 2.45) is 7.05 Å². The maximum atomic E-state index is 12.6. The number of aromatic nitrogens is 3. The molecule has 0 bridgehead atoms. The summed E-state index contributed by atoms with van der Waals surface area (Å²) in [7, 11) is 1.85. The van der Waals surface area contributed by atoms with Gasteiger partial charge in [-0.05, 0) is 44.0 Å². The van der Waals surface area contributed by atoms with Crippen LogP contribution >= 0.6 is 0 Å². The zero-order valence-electron chi connectivity index (χ0n) is 15.4. The number of pyridine rings is 1. The molecule has 1 N–H and O–H groups in total. The van der Waals surface area contributed by atoms with Crippen LogP contribution < -0.4 is 10.1 Å². The molecule has 1 amide bonds. The van der Waals surface area contributed by atoms with Crippen LogP contribution in [0.15, 0.2) is 36.5 Å². The first kappa shape index (κ1) is 17.5. The molecule has 1 atom stereocenters. The lowest BCUT2D eigenvalue weighted by Gasteiger charge is -2.12. The first-order chi connectivity index (χ1) is 13.1. The minimum Gasteiger partial charge on any atom is -0.491 e. The largest absolute Gasteiger partial charge is 0.491 e. The lowest BCUT2D eigenvalue weighted by atomic mass is 10.2. The summed E-state index contributed by atoms with van der Waals surface area (Å²) in [5.74, 6) is 0.454. The second-order valence-electron chi connectivity index (χ2n) is 6.73. The van der Waals surface area contributed by atoms with Gasteiger partial charge >= 0.3 is 0 Å². The summed E-state index contributed by atoms with van der Waals surface area (Å²) in [5.41, 5.74) is 2.83. The van der Waals surface area contributed by atoms with Crippen molar-refractivity contribution in [3.05, 3.63) is 47.8 Å². The van der Waals surface area contributed by atoms with Gasteiger partial charge in [-0.25, -0.2) is 4.98 Å². The number of nitrogens with one attached hydrogen (secondary N) is 1. The SMILES string of the molecule is Cc1nn(C)c2ncc(NC(=O)c3cccc(OCC4CCCO4)c3)cc12. The molecule has 0 radical (unpaired) electrons. The van der Waals surface area contributed by atoms with Crippen molar-refractivity contribution in [1.29, 1.82) is 0 Å². The number of fused-ring (bicyclic) bond motifs is 1. The van der Waals surface area contributed by atoms with Gasteiger partial charge in [0.05, 0.1) is 23.7 Å². The first-order valence-electron chi connectivity index (χ1n) is 9.05. The summed E-state index contributed by atoms with van der Waals surface area (Å²) in [6, 6.07) is 9.05. The predicted molar refractivity (Wildman–Crippen MR) is 102 cm³/mol. The second kappa shape index (κ2) is 7.36. The third kappa shape index (κ3) is 3.78. The van der Waals surface area contributed by atoms with Gasteiger partial charge in [-0.3, -0.25) is 9.48 Å². The van der Waals surface area contributed by atoms with Crippen LogP contribution in [0.4, 0.5) is 5.69 Å². The van der Waals surface area contributed by atoms with E-state index in [1.165, 1.54) is 0 Å². The van der Waals surface area contributed by atoms with Crippen LogP contribution in [0.5, 0.6) is 5.75 Å². The highest BCUT2D eigenvalue weighted by Gasteiger charge is 2.16. The van der Waals surface area contributed by atoms with Crippen LogP contribution in [0.3, 0.4) is 0 Å². The van der Waals surface area contributed by atoms with Gasteiger partial charge in [0, 0.05) is 24.6 Å². The van der Waals surface area contributed by atoms with Crippen molar-refractivity contribution >= 4 is 22.6 Å². The summed E-state index contributed by atoms with van der Waals surface area (Å²) >= 11 is 0. The molecule has 1 aliphatic heterocycles. The summed E-state index contributed by atoms with van der Waals surface area (Å²) in [6.45, 7) is 3.22. The average Bonchev–Trinajstić information content (AvgIpc) is 3.29. The maximum absolute atomic E-state index is 12.6. The monoisotopic (exact) mass is 366 g/mol. The van der Waals surface area contributed by atoms with Gasteiger partial charge in [0.1, 0.15) is 12.4 Å². The summed E-state index contributed by atoms with van der Waals surface area (Å²) in [4.78, 5) is 17.0. The highest BCUT2D eigenvalue weighted by molar-refractivity contribution is 6.05. The highest BCUT2D eigenvalue weighted by atomic mass is 16.5. The number of hydrogen-bond acceptors (Lipinski definition) is 5. The van der Waals surface area contributed by atoms with Gasteiger partial charge in [0.2, 0.25) is 0 Å². The number of carbonyl (C=O) groups excluding carboxylic acids is 1. The Hall–Kier alpha value is -2.93. The molecule has 3 heterocycles. The Bertz CT molecular complexity index is 977. The number of aryl methyl sites for hydroxylation is 2. The molecule has 0 saturated carbocycles. The van der Waals surface area contributed by atoms with E-state index in [1.807, 2.05) is 32.2 Å². The van der Waals surface area contributed by atoms with Crippen LogP contribution in [0.25, 0.3) is 11.0 Å². The first-order valence-corrected chi connectivity index (χ1v) is 9.05. The van der Waals surface area contributed by atoms with Crippen LogP contribution in [-0.2, 0) is 11.8 Å². The Morgan fingerprint density at radius 1 is 1.41 bits per heavy atom. The molecule has 4 rings (SSSR count). The lowest BCUT2D eigenvalue weighted by molar-refractivity contribution is 0.0679. The fourth-order valence-corrected chi connectivity index (χ4v) is 3.27. The standard InChI is InChI=1S/C20H22N4O3/c1-13-18-10-15(11-21-19(18)24(2)23-13)22-20(25)14-5-3-6-16(9-14)27-12-17-7-4-8-26-17/h3,5-6,9-11,17H,4,7-8,12H2,1-2H3,(H,22,25). The van der Waals surface area contributed by atoms with E-state index in [9.17, 15) is 4.79 Å². The van der Waals surface area contributed by atoms with E-state index in [4.69, 9.17) is 9.47 Å². The van der Waals surface area contributed by atoms with E-state index in [0.29, 0.717) is 23.6 Å². The van der Waals surface area contributed by atoms with Crippen LogP contribution in [-0.4, -0.2) is 40.0 Å². The predicted octanol–water partition coefficient (Wildman–Crippen LogP) is 3.09. The summed E-state index contributed by atoms with van der Waals surface area (Å²) in [6.07, 6.45) is 3.87. The lowest BCUT2D eigenvalue weighted by Crippen LogP contribution is -2.17. The van der Waals surface area contributed by atoms with E-state index in [2.05, 4.69) is 15.4 Å². The van der Waals surface area contributed by atoms with Crippen molar-refractivity contribution < 1.29 is 14.3 Å². The molecule has 7 heteroatoms. The van der Waals surface area contributed by atoms with E-state index < -0.39 is 0 Å². The number of nitrogens with zero attached hydrogens (tertiary/aromatic N) is 3. The molecule has 1 aliphatic rings. The molecule has 7 nitrogen and oxygen atoms in total. The highest BCUT2D eigenvalue weighted by Crippen LogP contribution is 2.21. The Morgan fingerprint density at radius 2 is 2.30 bits per heavy atom. The topological polar surface area (TPSA) is 78.3 Å². The van der Waals surface area contributed by atoms with Crippen LogP contribution in [0.1, 0.15) is 28.9 Å². The molecule has 1 saturated heterocycles. The number of rotatable bonds is 5. The minimum atomic E-state index is -0.208. The number of benzene rings is 1. The molecule has 3 aromatic rings. The van der Waals surface area contributed by atoms with Crippen LogP contribution in [0.2, 0.25) is 0 Å². The maximum Gasteiger partial charge on any atom is 0.255 e. The van der Waals surface area contributed by atoms with E-state index in [1.54, 1.807) is 23.0 Å². The van der Waals surface area contributed by atoms with Crippen molar-refractivity contribution in [3.63, 3.8) is 0 Å². The molecule has 27 heavy (non-hydrogen) atoms. The van der Waals surface area contributed by atoms with Crippen LogP contribution in [0, 0.1) is 6.92 Å². The van der Waals surface area contributed by atoms with E-state index >= 15 is 0 Å². The minimum absolute atomic E-state index is 0.142. The number of hydrogen-bond donors (Lipinski definition) is 1. The Balaban J connectivity index is 1.46. The second-order valence-corrected chi connectivity index (χ2v) is 6.73. The smallest absolute Gasteiger partial charge is 0.255 e. The molecule has 2 aromatic heterocycles. The summed E-state index contributed by atoms with van der Waals surface area (Å²) < 4.78 is 13.1. The quantitative estimate of drug-likeness (QED) is 0.751. The number of amides is 1. The Labute approximate surface area is 157 Å². The number of carbonyl (C=O) groups is 1. The van der Waals surface area contributed by atoms with E-state index in [-0.39, 0.29) is 12.0 Å². The number of anilines is 1.